The Labute approximate surface area is 123 Å². The Morgan fingerprint density at radius 1 is 1.25 bits per heavy atom. The average Bonchev–Trinajstić information content (AvgIpc) is 2.46. The molecule has 0 radical (unpaired) electrons. The number of anilines is 2. The maximum absolute atomic E-state index is 9.40. The molecule has 4 nitrogen and oxygen atoms in total. The van der Waals surface area contributed by atoms with E-state index in [0.29, 0.717) is 16.4 Å². The van der Waals surface area contributed by atoms with Crippen molar-refractivity contribution in [3.05, 3.63) is 46.1 Å². The van der Waals surface area contributed by atoms with E-state index < -0.39 is 0 Å². The van der Waals surface area contributed by atoms with E-state index in [9.17, 15) is 5.26 Å². The van der Waals surface area contributed by atoms with Crippen molar-refractivity contribution in [2.45, 2.75) is 26.7 Å². The van der Waals surface area contributed by atoms with Gasteiger partial charge in [0.2, 0.25) is 0 Å². The number of hydrogen-bond acceptors (Lipinski definition) is 4. The third-order valence-electron chi connectivity index (χ3n) is 3.05. The lowest BCUT2D eigenvalue weighted by molar-refractivity contribution is 0.877. The fourth-order valence-corrected chi connectivity index (χ4v) is 2.27. The van der Waals surface area contributed by atoms with Gasteiger partial charge in [-0.25, -0.2) is 0 Å². The summed E-state index contributed by atoms with van der Waals surface area (Å²) in [5.74, 6) is 0.476. The second-order valence-electron chi connectivity index (χ2n) is 4.30. The number of aromatic nitrogens is 2. The summed E-state index contributed by atoms with van der Waals surface area (Å²) >= 11 is 5.95. The predicted molar refractivity (Wildman–Crippen MR) is 80.2 cm³/mol. The van der Waals surface area contributed by atoms with E-state index in [4.69, 9.17) is 11.6 Å². The Morgan fingerprint density at radius 3 is 2.65 bits per heavy atom. The Kier molecular flexibility index (Phi) is 4.54. The van der Waals surface area contributed by atoms with Crippen molar-refractivity contribution in [1.82, 2.24) is 10.2 Å². The number of aryl methyl sites for hydroxylation is 1. The van der Waals surface area contributed by atoms with Gasteiger partial charge in [0.25, 0.3) is 0 Å². The van der Waals surface area contributed by atoms with Crippen LogP contribution in [0.2, 0.25) is 5.02 Å². The number of halogens is 1. The van der Waals surface area contributed by atoms with Crippen LogP contribution in [0.1, 0.15) is 30.7 Å². The molecule has 2 aromatic rings. The van der Waals surface area contributed by atoms with Crippen LogP contribution in [0.25, 0.3) is 0 Å². The lowest BCUT2D eigenvalue weighted by Crippen LogP contribution is -2.07. The van der Waals surface area contributed by atoms with Crippen LogP contribution in [0, 0.1) is 11.3 Å². The summed E-state index contributed by atoms with van der Waals surface area (Å²) in [6.45, 7) is 4.02. The zero-order chi connectivity index (χ0) is 14.5. The molecule has 0 fully saturated rings. The van der Waals surface area contributed by atoms with E-state index in [0.717, 1.165) is 29.8 Å². The molecule has 0 aliphatic heterocycles. The highest BCUT2D eigenvalue weighted by Gasteiger charge is 2.14. The topological polar surface area (TPSA) is 61.6 Å². The molecule has 1 heterocycles. The van der Waals surface area contributed by atoms with Gasteiger partial charge in [-0.15, -0.1) is 5.10 Å². The maximum atomic E-state index is 9.40. The number of nitriles is 1. The molecule has 0 unspecified atom stereocenters. The van der Waals surface area contributed by atoms with E-state index in [-0.39, 0.29) is 0 Å². The van der Waals surface area contributed by atoms with Gasteiger partial charge in [0, 0.05) is 10.7 Å². The number of hydrogen-bond donors (Lipinski definition) is 1. The van der Waals surface area contributed by atoms with Crippen molar-refractivity contribution < 1.29 is 0 Å². The highest BCUT2D eigenvalue weighted by molar-refractivity contribution is 6.30. The summed E-state index contributed by atoms with van der Waals surface area (Å²) < 4.78 is 0. The maximum Gasteiger partial charge on any atom is 0.171 e. The Balaban J connectivity index is 2.45. The van der Waals surface area contributed by atoms with Crippen LogP contribution in [0.3, 0.4) is 0 Å². The van der Waals surface area contributed by atoms with Gasteiger partial charge in [0.15, 0.2) is 5.82 Å². The Bertz CT molecular complexity index is 661. The Morgan fingerprint density at radius 2 is 2.05 bits per heavy atom. The van der Waals surface area contributed by atoms with Gasteiger partial charge >= 0.3 is 0 Å². The second-order valence-corrected chi connectivity index (χ2v) is 4.74. The molecule has 5 heteroatoms. The van der Waals surface area contributed by atoms with E-state index >= 15 is 0 Å². The summed E-state index contributed by atoms with van der Waals surface area (Å²) in [6, 6.07) is 9.51. The van der Waals surface area contributed by atoms with Crippen LogP contribution < -0.4 is 5.32 Å². The van der Waals surface area contributed by atoms with Gasteiger partial charge < -0.3 is 5.32 Å². The summed E-state index contributed by atoms with van der Waals surface area (Å²) in [5, 5.41) is 21.5. The number of nitrogens with one attached hydrogen (secondary N) is 1. The van der Waals surface area contributed by atoms with E-state index in [1.807, 2.05) is 26.0 Å². The first-order valence-corrected chi connectivity index (χ1v) is 6.88. The van der Waals surface area contributed by atoms with Crippen LogP contribution in [-0.4, -0.2) is 10.2 Å². The van der Waals surface area contributed by atoms with Crippen molar-refractivity contribution in [2.75, 3.05) is 5.32 Å². The van der Waals surface area contributed by atoms with Crippen molar-refractivity contribution in [1.29, 1.82) is 5.26 Å². The molecule has 1 N–H and O–H groups in total. The lowest BCUT2D eigenvalue weighted by Gasteiger charge is -2.12. The minimum absolute atomic E-state index is 0.476. The standard InChI is InChI=1S/C15H15ClN4/c1-3-12-13(9-17)15(20-19-14(12)4-2)18-11-7-5-6-10(16)8-11/h5-8H,3-4H2,1-2H3,(H,18,20). The lowest BCUT2D eigenvalue weighted by atomic mass is 10.0. The van der Waals surface area contributed by atoms with Crippen LogP contribution in [0.5, 0.6) is 0 Å². The molecule has 1 aromatic carbocycles. The van der Waals surface area contributed by atoms with Crippen LogP contribution in [0.4, 0.5) is 11.5 Å². The summed E-state index contributed by atoms with van der Waals surface area (Å²) in [4.78, 5) is 0. The minimum Gasteiger partial charge on any atom is -0.338 e. The third-order valence-corrected chi connectivity index (χ3v) is 3.28. The average molecular weight is 287 g/mol. The van der Waals surface area contributed by atoms with Crippen LogP contribution in [-0.2, 0) is 12.8 Å². The molecule has 0 aliphatic carbocycles. The first-order valence-electron chi connectivity index (χ1n) is 6.50. The largest absolute Gasteiger partial charge is 0.338 e. The third kappa shape index (κ3) is 2.89. The van der Waals surface area contributed by atoms with E-state index in [2.05, 4.69) is 21.6 Å². The number of nitrogens with zero attached hydrogens (tertiary/aromatic N) is 3. The normalized spacial score (nSPS) is 10.1. The predicted octanol–water partition coefficient (Wildman–Crippen LogP) is 3.87. The molecular formula is C15H15ClN4. The van der Waals surface area contributed by atoms with Crippen molar-refractivity contribution in [2.24, 2.45) is 0 Å². The molecule has 0 saturated carbocycles. The van der Waals surface area contributed by atoms with Crippen LogP contribution >= 0.6 is 11.6 Å². The molecule has 2 rings (SSSR count). The Hall–Kier alpha value is -2.12. The molecule has 0 bridgehead atoms. The van der Waals surface area contributed by atoms with Crippen molar-refractivity contribution >= 4 is 23.1 Å². The molecule has 0 amide bonds. The molecular weight excluding hydrogens is 272 g/mol. The van der Waals surface area contributed by atoms with Crippen molar-refractivity contribution in [3.63, 3.8) is 0 Å². The van der Waals surface area contributed by atoms with Crippen molar-refractivity contribution in [3.8, 4) is 6.07 Å². The summed E-state index contributed by atoms with van der Waals surface area (Å²) in [6.07, 6.45) is 1.52. The number of benzene rings is 1. The fraction of sp³-hybridized carbons (Fsp3) is 0.267. The quantitative estimate of drug-likeness (QED) is 0.927. The van der Waals surface area contributed by atoms with Gasteiger partial charge in [0.05, 0.1) is 5.69 Å². The van der Waals surface area contributed by atoms with Gasteiger partial charge in [-0.1, -0.05) is 31.5 Å². The zero-order valence-corrected chi connectivity index (χ0v) is 12.2. The first-order chi connectivity index (χ1) is 9.69. The molecule has 0 aliphatic rings. The van der Waals surface area contributed by atoms with Gasteiger partial charge in [-0.2, -0.15) is 10.4 Å². The molecule has 1 aromatic heterocycles. The van der Waals surface area contributed by atoms with Gasteiger partial charge in [0.1, 0.15) is 11.6 Å². The van der Waals surface area contributed by atoms with E-state index in [1.165, 1.54) is 0 Å². The monoisotopic (exact) mass is 286 g/mol. The molecule has 0 saturated heterocycles. The molecule has 20 heavy (non-hydrogen) atoms. The van der Waals surface area contributed by atoms with Gasteiger partial charge in [-0.3, -0.25) is 0 Å². The molecule has 0 spiro atoms. The fourth-order valence-electron chi connectivity index (χ4n) is 2.08. The second kappa shape index (κ2) is 6.36. The SMILES string of the molecule is CCc1nnc(Nc2cccc(Cl)c2)c(C#N)c1CC. The zero-order valence-electron chi connectivity index (χ0n) is 11.4. The minimum atomic E-state index is 0.476. The summed E-state index contributed by atoms with van der Waals surface area (Å²) in [7, 11) is 0. The first kappa shape index (κ1) is 14.3. The smallest absolute Gasteiger partial charge is 0.171 e. The highest BCUT2D eigenvalue weighted by Crippen LogP contribution is 2.24. The number of rotatable bonds is 4. The molecule has 102 valence electrons. The van der Waals surface area contributed by atoms with Crippen LogP contribution in [0.15, 0.2) is 24.3 Å². The summed E-state index contributed by atoms with van der Waals surface area (Å²) in [5.41, 5.74) is 3.17. The van der Waals surface area contributed by atoms with E-state index in [1.54, 1.807) is 12.1 Å². The van der Waals surface area contributed by atoms with Gasteiger partial charge in [-0.05, 0) is 36.6 Å². The highest BCUT2D eigenvalue weighted by atomic mass is 35.5. The molecule has 0 atom stereocenters.